The summed E-state index contributed by atoms with van der Waals surface area (Å²) < 4.78 is 7.40. The molecule has 1 aliphatic rings. The Bertz CT molecular complexity index is 1430. The number of hydrogen-bond donors (Lipinski definition) is 1. The third kappa shape index (κ3) is 4.47. The number of carbonyl (C=O) groups excluding carboxylic acids is 1. The number of methoxy groups -OCH3 is 1. The van der Waals surface area contributed by atoms with Crippen LogP contribution < -0.4 is 4.74 Å². The van der Waals surface area contributed by atoms with E-state index in [1.807, 2.05) is 35.2 Å². The molecule has 5 rings (SSSR count). The summed E-state index contributed by atoms with van der Waals surface area (Å²) >= 11 is 6.07. The van der Waals surface area contributed by atoms with Gasteiger partial charge < -0.3 is 19.3 Å². The number of rotatable bonds is 6. The van der Waals surface area contributed by atoms with Gasteiger partial charge in [-0.25, -0.2) is 9.78 Å². The number of halogens is 1. The Labute approximate surface area is 207 Å². The number of aromatic carboxylic acids is 1. The van der Waals surface area contributed by atoms with Gasteiger partial charge in [-0.2, -0.15) is 0 Å². The summed E-state index contributed by atoms with van der Waals surface area (Å²) in [6, 6.07) is 16.6. The summed E-state index contributed by atoms with van der Waals surface area (Å²) in [6.07, 6.45) is 2.71. The molecule has 3 heterocycles. The molecule has 2 aromatic heterocycles. The summed E-state index contributed by atoms with van der Waals surface area (Å²) in [6.45, 7) is 1.74. The first-order chi connectivity index (χ1) is 16.9. The average molecular weight is 490 g/mol. The van der Waals surface area contributed by atoms with Gasteiger partial charge in [0.2, 0.25) is 5.91 Å². The summed E-state index contributed by atoms with van der Waals surface area (Å²) in [5.74, 6) is -0.833. The van der Waals surface area contributed by atoms with E-state index in [1.54, 1.807) is 18.3 Å². The molecule has 0 radical (unpaired) electrons. The normalized spacial score (nSPS) is 13.0. The fourth-order valence-corrected chi connectivity index (χ4v) is 4.85. The van der Waals surface area contributed by atoms with Gasteiger partial charge in [0, 0.05) is 35.4 Å². The zero-order valence-electron chi connectivity index (χ0n) is 19.2. The molecule has 8 heteroatoms. The number of carboxylic acids is 1. The Morgan fingerprint density at radius 2 is 1.89 bits per heavy atom. The van der Waals surface area contributed by atoms with Crippen molar-refractivity contribution in [3.05, 3.63) is 93.8 Å². The number of hydrogen-bond acceptors (Lipinski definition) is 4. The minimum Gasteiger partial charge on any atom is -0.496 e. The van der Waals surface area contributed by atoms with Crippen LogP contribution in [0.4, 0.5) is 0 Å². The SMILES string of the molecule is COc1cc(CC(=O)N2CCc3c(n(Cc4ccc(Cl)cc4)c4ncccc34)C2)ccc1C(=O)O. The first kappa shape index (κ1) is 22.9. The summed E-state index contributed by atoms with van der Waals surface area (Å²) in [7, 11) is 1.42. The van der Waals surface area contributed by atoms with Gasteiger partial charge >= 0.3 is 5.97 Å². The Balaban J connectivity index is 1.42. The molecule has 1 amide bonds. The number of nitrogens with zero attached hydrogens (tertiary/aromatic N) is 3. The molecule has 0 spiro atoms. The molecule has 4 aromatic rings. The van der Waals surface area contributed by atoms with E-state index in [0.29, 0.717) is 30.2 Å². The number of aromatic nitrogens is 2. The van der Waals surface area contributed by atoms with Crippen LogP contribution in [0.3, 0.4) is 0 Å². The lowest BCUT2D eigenvalue weighted by molar-refractivity contribution is -0.131. The molecule has 0 saturated heterocycles. The molecule has 2 aromatic carbocycles. The predicted molar refractivity (Wildman–Crippen MR) is 133 cm³/mol. The van der Waals surface area contributed by atoms with Crippen LogP contribution in [0.15, 0.2) is 60.8 Å². The molecular formula is C27H24ClN3O4. The maximum absolute atomic E-state index is 13.2. The number of fused-ring (bicyclic) bond motifs is 3. The van der Waals surface area contributed by atoms with Gasteiger partial charge in [0.1, 0.15) is 17.0 Å². The maximum Gasteiger partial charge on any atom is 0.339 e. The highest BCUT2D eigenvalue weighted by Gasteiger charge is 2.27. The van der Waals surface area contributed by atoms with Crippen LogP contribution >= 0.6 is 11.6 Å². The number of pyridine rings is 1. The monoisotopic (exact) mass is 489 g/mol. The molecule has 0 saturated carbocycles. The fraction of sp³-hybridized carbons (Fsp3) is 0.222. The minimum absolute atomic E-state index is 0.0166. The maximum atomic E-state index is 13.2. The molecule has 35 heavy (non-hydrogen) atoms. The number of carbonyl (C=O) groups is 2. The predicted octanol–water partition coefficient (Wildman–Crippen LogP) is 4.57. The van der Waals surface area contributed by atoms with Crippen molar-refractivity contribution in [3.8, 4) is 5.75 Å². The van der Waals surface area contributed by atoms with Gasteiger partial charge in [-0.1, -0.05) is 29.8 Å². The van der Waals surface area contributed by atoms with Crippen molar-refractivity contribution in [1.82, 2.24) is 14.5 Å². The van der Waals surface area contributed by atoms with Gasteiger partial charge in [0.15, 0.2) is 0 Å². The molecule has 1 N–H and O–H groups in total. The van der Waals surface area contributed by atoms with Crippen molar-refractivity contribution in [1.29, 1.82) is 0 Å². The highest BCUT2D eigenvalue weighted by molar-refractivity contribution is 6.30. The molecule has 0 aliphatic carbocycles. The van der Waals surface area contributed by atoms with Crippen LogP contribution in [0.2, 0.25) is 5.02 Å². The number of ether oxygens (including phenoxy) is 1. The van der Waals surface area contributed by atoms with Crippen LogP contribution in [0, 0.1) is 0 Å². The Kier molecular flexibility index (Phi) is 6.17. The van der Waals surface area contributed by atoms with E-state index in [1.165, 1.54) is 18.7 Å². The number of carboxylic acid groups (broad SMARTS) is 1. The van der Waals surface area contributed by atoms with E-state index in [4.69, 9.17) is 16.3 Å². The van der Waals surface area contributed by atoms with Gasteiger partial charge in [0.05, 0.1) is 20.1 Å². The Morgan fingerprint density at radius 1 is 1.11 bits per heavy atom. The van der Waals surface area contributed by atoms with E-state index in [0.717, 1.165) is 28.7 Å². The lowest BCUT2D eigenvalue weighted by Gasteiger charge is -2.29. The van der Waals surface area contributed by atoms with Crippen LogP contribution in [0.25, 0.3) is 11.0 Å². The standard InChI is InChI=1S/C27H24ClN3O4/c1-35-24-13-18(6-9-22(24)27(33)34)14-25(32)30-12-10-20-21-3-2-11-29-26(21)31(23(20)16-30)15-17-4-7-19(28)8-5-17/h2-9,11,13H,10,12,14-16H2,1H3,(H,33,34). The second-order valence-electron chi connectivity index (χ2n) is 8.59. The van der Waals surface area contributed by atoms with E-state index in [9.17, 15) is 14.7 Å². The second kappa shape index (κ2) is 9.43. The van der Waals surface area contributed by atoms with Crippen molar-refractivity contribution in [2.75, 3.05) is 13.7 Å². The summed E-state index contributed by atoms with van der Waals surface area (Å²) in [5, 5.41) is 11.1. The average Bonchev–Trinajstić information content (AvgIpc) is 3.18. The van der Waals surface area contributed by atoms with Crippen molar-refractivity contribution < 1.29 is 19.4 Å². The Hall–Kier alpha value is -3.84. The molecular weight excluding hydrogens is 466 g/mol. The molecule has 1 aliphatic heterocycles. The highest BCUT2D eigenvalue weighted by atomic mass is 35.5. The minimum atomic E-state index is -1.06. The highest BCUT2D eigenvalue weighted by Crippen LogP contribution is 2.31. The molecule has 178 valence electrons. The molecule has 0 atom stereocenters. The molecule has 0 bridgehead atoms. The van der Waals surface area contributed by atoms with Crippen molar-refractivity contribution in [3.63, 3.8) is 0 Å². The van der Waals surface area contributed by atoms with Crippen LogP contribution in [-0.2, 0) is 30.7 Å². The van der Waals surface area contributed by atoms with Crippen LogP contribution in [-0.4, -0.2) is 45.1 Å². The summed E-state index contributed by atoms with van der Waals surface area (Å²) in [5.41, 5.74) is 5.13. The smallest absolute Gasteiger partial charge is 0.339 e. The lowest BCUT2D eigenvalue weighted by atomic mass is 10.0. The molecule has 0 unspecified atom stereocenters. The van der Waals surface area contributed by atoms with Gasteiger partial charge in [-0.3, -0.25) is 4.79 Å². The van der Waals surface area contributed by atoms with Crippen molar-refractivity contribution in [2.45, 2.75) is 25.9 Å². The Morgan fingerprint density at radius 3 is 2.63 bits per heavy atom. The van der Waals surface area contributed by atoms with E-state index in [-0.39, 0.29) is 23.6 Å². The number of benzene rings is 2. The van der Waals surface area contributed by atoms with Crippen LogP contribution in [0.1, 0.15) is 32.7 Å². The zero-order valence-corrected chi connectivity index (χ0v) is 20.0. The van der Waals surface area contributed by atoms with E-state index >= 15 is 0 Å². The van der Waals surface area contributed by atoms with Crippen molar-refractivity contribution >= 4 is 34.5 Å². The largest absolute Gasteiger partial charge is 0.496 e. The van der Waals surface area contributed by atoms with Gasteiger partial charge in [-0.05, 0) is 59.5 Å². The molecule has 0 fully saturated rings. The van der Waals surface area contributed by atoms with E-state index < -0.39 is 5.97 Å². The van der Waals surface area contributed by atoms with Gasteiger partial charge in [-0.15, -0.1) is 0 Å². The second-order valence-corrected chi connectivity index (χ2v) is 9.03. The van der Waals surface area contributed by atoms with E-state index in [2.05, 4.69) is 15.6 Å². The quantitative estimate of drug-likeness (QED) is 0.429. The first-order valence-corrected chi connectivity index (χ1v) is 11.7. The number of amides is 1. The van der Waals surface area contributed by atoms with Crippen LogP contribution in [0.5, 0.6) is 5.75 Å². The zero-order chi connectivity index (χ0) is 24.5. The first-order valence-electron chi connectivity index (χ1n) is 11.3. The third-order valence-corrected chi connectivity index (χ3v) is 6.72. The third-order valence-electron chi connectivity index (χ3n) is 6.47. The topological polar surface area (TPSA) is 84.7 Å². The lowest BCUT2D eigenvalue weighted by Crippen LogP contribution is -2.37. The molecule has 7 nitrogen and oxygen atoms in total. The summed E-state index contributed by atoms with van der Waals surface area (Å²) in [4.78, 5) is 31.1. The van der Waals surface area contributed by atoms with Crippen molar-refractivity contribution in [2.24, 2.45) is 0 Å². The van der Waals surface area contributed by atoms with Gasteiger partial charge in [0.25, 0.3) is 0 Å². The fourth-order valence-electron chi connectivity index (χ4n) is 4.72.